The lowest BCUT2D eigenvalue weighted by molar-refractivity contribution is -0.141. The zero-order valence-corrected chi connectivity index (χ0v) is 25.0. The first kappa shape index (κ1) is 30.7. The van der Waals surface area contributed by atoms with Gasteiger partial charge in [-0.3, -0.25) is 13.9 Å². The summed E-state index contributed by atoms with van der Waals surface area (Å²) in [5.74, 6) is -0.242. The lowest BCUT2D eigenvalue weighted by Crippen LogP contribution is -2.51. The van der Waals surface area contributed by atoms with Crippen LogP contribution >= 0.6 is 0 Å². The van der Waals surface area contributed by atoms with E-state index in [1.54, 1.807) is 11.0 Å². The first-order chi connectivity index (χ1) is 18.5. The zero-order valence-electron chi connectivity index (χ0n) is 24.2. The number of benzene rings is 2. The highest BCUT2D eigenvalue weighted by atomic mass is 32.2. The van der Waals surface area contributed by atoms with Gasteiger partial charge in [0.2, 0.25) is 21.8 Å². The molecule has 1 atom stereocenters. The van der Waals surface area contributed by atoms with Crippen LogP contribution in [-0.2, 0) is 26.2 Å². The van der Waals surface area contributed by atoms with Gasteiger partial charge in [0.15, 0.2) is 0 Å². The van der Waals surface area contributed by atoms with Crippen LogP contribution in [-0.4, -0.2) is 50.0 Å². The number of nitrogens with one attached hydrogen (secondary N) is 1. The maximum atomic E-state index is 13.7. The minimum Gasteiger partial charge on any atom is -0.352 e. The van der Waals surface area contributed by atoms with Crippen LogP contribution in [0.5, 0.6) is 0 Å². The summed E-state index contributed by atoms with van der Waals surface area (Å²) in [6.45, 7) is 8.41. The van der Waals surface area contributed by atoms with Crippen molar-refractivity contribution in [2.45, 2.75) is 97.7 Å². The molecule has 2 amide bonds. The Morgan fingerprint density at radius 2 is 1.72 bits per heavy atom. The summed E-state index contributed by atoms with van der Waals surface area (Å²) in [4.78, 5) is 28.8. The highest BCUT2D eigenvalue weighted by Gasteiger charge is 2.30. The SMILES string of the molecule is CCC(C(=O)NC1CCCCC1)N(Cc1cccc(C)c1)C(=O)CCCN(c1ccc(C)c(C)c1)S(C)(=O)=O. The Kier molecular flexibility index (Phi) is 11.0. The summed E-state index contributed by atoms with van der Waals surface area (Å²) in [6.07, 6.45) is 7.59. The maximum Gasteiger partial charge on any atom is 0.243 e. The van der Waals surface area contributed by atoms with Crippen molar-refractivity contribution in [3.63, 3.8) is 0 Å². The average molecular weight is 556 g/mol. The van der Waals surface area contributed by atoms with Crippen LogP contribution in [0.4, 0.5) is 5.69 Å². The predicted molar refractivity (Wildman–Crippen MR) is 158 cm³/mol. The van der Waals surface area contributed by atoms with Crippen molar-refractivity contribution >= 4 is 27.5 Å². The summed E-state index contributed by atoms with van der Waals surface area (Å²) < 4.78 is 26.6. The summed E-state index contributed by atoms with van der Waals surface area (Å²) in [7, 11) is -3.53. The number of hydrogen-bond acceptors (Lipinski definition) is 4. The van der Waals surface area contributed by atoms with Crippen LogP contribution in [0.1, 0.15) is 80.5 Å². The van der Waals surface area contributed by atoms with Crippen LogP contribution in [0.3, 0.4) is 0 Å². The Bertz CT molecular complexity index is 1240. The Balaban J connectivity index is 1.76. The second-order valence-corrected chi connectivity index (χ2v) is 12.9. The van der Waals surface area contributed by atoms with E-state index in [1.165, 1.54) is 17.0 Å². The molecule has 0 spiro atoms. The topological polar surface area (TPSA) is 86.8 Å². The fraction of sp³-hybridized carbons (Fsp3) is 0.548. The molecule has 0 aliphatic heterocycles. The van der Waals surface area contributed by atoms with Crippen LogP contribution < -0.4 is 9.62 Å². The van der Waals surface area contributed by atoms with Crippen LogP contribution in [0.2, 0.25) is 0 Å². The van der Waals surface area contributed by atoms with E-state index in [9.17, 15) is 18.0 Å². The largest absolute Gasteiger partial charge is 0.352 e. The number of sulfonamides is 1. The van der Waals surface area contributed by atoms with E-state index >= 15 is 0 Å². The smallest absolute Gasteiger partial charge is 0.243 e. The molecule has 3 rings (SSSR count). The van der Waals surface area contributed by atoms with Crippen molar-refractivity contribution in [1.29, 1.82) is 0 Å². The third-order valence-electron chi connectivity index (χ3n) is 7.70. The lowest BCUT2D eigenvalue weighted by atomic mass is 9.95. The molecule has 8 heteroatoms. The van der Waals surface area contributed by atoms with Crippen molar-refractivity contribution in [2.75, 3.05) is 17.1 Å². The van der Waals surface area contributed by atoms with Gasteiger partial charge in [0, 0.05) is 25.6 Å². The monoisotopic (exact) mass is 555 g/mol. The van der Waals surface area contributed by atoms with E-state index in [4.69, 9.17) is 0 Å². The molecule has 0 aromatic heterocycles. The van der Waals surface area contributed by atoms with Crippen LogP contribution in [0, 0.1) is 20.8 Å². The maximum absolute atomic E-state index is 13.7. The molecule has 1 N–H and O–H groups in total. The van der Waals surface area contributed by atoms with Gasteiger partial charge < -0.3 is 10.2 Å². The Hall–Kier alpha value is -2.87. The molecule has 7 nitrogen and oxygen atoms in total. The second-order valence-electron chi connectivity index (χ2n) is 11.0. The summed E-state index contributed by atoms with van der Waals surface area (Å²) >= 11 is 0. The molecular weight excluding hydrogens is 510 g/mol. The van der Waals surface area contributed by atoms with Crippen molar-refractivity contribution < 1.29 is 18.0 Å². The standard InChI is InChI=1S/C31H45N3O4S/c1-6-29(31(36)32-27-14-8-7-9-15-27)33(22-26-13-10-12-23(2)20-26)30(35)16-11-19-34(39(5,37)38)28-18-17-24(3)25(4)21-28/h10,12-13,17-18,20-21,27,29H,6-9,11,14-16,19,22H2,1-5H3,(H,32,36). The third-order valence-corrected chi connectivity index (χ3v) is 8.90. The molecule has 214 valence electrons. The highest BCUT2D eigenvalue weighted by molar-refractivity contribution is 7.92. The van der Waals surface area contributed by atoms with E-state index in [0.717, 1.165) is 47.9 Å². The third kappa shape index (κ3) is 8.82. The van der Waals surface area contributed by atoms with Gasteiger partial charge in [-0.25, -0.2) is 8.42 Å². The molecule has 2 aromatic rings. The van der Waals surface area contributed by atoms with Gasteiger partial charge in [-0.05, 0) is 75.3 Å². The Morgan fingerprint density at radius 3 is 2.33 bits per heavy atom. The Morgan fingerprint density at radius 1 is 1.00 bits per heavy atom. The number of nitrogens with zero attached hydrogens (tertiary/aromatic N) is 2. The molecule has 1 saturated carbocycles. The molecule has 0 saturated heterocycles. The van der Waals surface area contributed by atoms with Crippen LogP contribution in [0.25, 0.3) is 0 Å². The number of amides is 2. The molecule has 1 fully saturated rings. The van der Waals surface area contributed by atoms with Gasteiger partial charge >= 0.3 is 0 Å². The average Bonchev–Trinajstić information content (AvgIpc) is 2.88. The van der Waals surface area contributed by atoms with Gasteiger partial charge in [0.1, 0.15) is 6.04 Å². The van der Waals surface area contributed by atoms with E-state index in [1.807, 2.05) is 64.1 Å². The van der Waals surface area contributed by atoms with Crippen molar-refractivity contribution in [2.24, 2.45) is 0 Å². The van der Waals surface area contributed by atoms with Gasteiger partial charge in [-0.15, -0.1) is 0 Å². The molecular formula is C31H45N3O4S. The van der Waals surface area contributed by atoms with E-state index in [0.29, 0.717) is 25.1 Å². The van der Waals surface area contributed by atoms with Crippen molar-refractivity contribution in [1.82, 2.24) is 10.2 Å². The van der Waals surface area contributed by atoms with E-state index < -0.39 is 16.1 Å². The number of hydrogen-bond donors (Lipinski definition) is 1. The number of anilines is 1. The van der Waals surface area contributed by atoms with E-state index in [2.05, 4.69) is 5.32 Å². The highest BCUT2D eigenvalue weighted by Crippen LogP contribution is 2.23. The summed E-state index contributed by atoms with van der Waals surface area (Å²) in [6, 6.07) is 13.2. The number of aryl methyl sites for hydroxylation is 3. The lowest BCUT2D eigenvalue weighted by Gasteiger charge is -2.33. The van der Waals surface area contributed by atoms with Crippen molar-refractivity contribution in [3.8, 4) is 0 Å². The first-order valence-corrected chi connectivity index (χ1v) is 16.0. The van der Waals surface area contributed by atoms with Crippen LogP contribution in [0.15, 0.2) is 42.5 Å². The first-order valence-electron chi connectivity index (χ1n) is 14.2. The minimum atomic E-state index is -3.53. The quantitative estimate of drug-likeness (QED) is 0.379. The molecule has 1 aliphatic rings. The zero-order chi connectivity index (χ0) is 28.6. The Labute approximate surface area is 235 Å². The molecule has 0 radical (unpaired) electrons. The van der Waals surface area contributed by atoms with Gasteiger partial charge in [-0.2, -0.15) is 0 Å². The summed E-state index contributed by atoms with van der Waals surface area (Å²) in [5, 5.41) is 3.21. The fourth-order valence-corrected chi connectivity index (χ4v) is 6.31. The van der Waals surface area contributed by atoms with Gasteiger partial charge in [0.25, 0.3) is 0 Å². The predicted octanol–water partition coefficient (Wildman–Crippen LogP) is 5.41. The normalized spacial score (nSPS) is 15.0. The van der Waals surface area contributed by atoms with Crippen molar-refractivity contribution in [3.05, 3.63) is 64.7 Å². The fourth-order valence-electron chi connectivity index (χ4n) is 5.36. The number of carbonyl (C=O) groups excluding carboxylic acids is 2. The van der Waals surface area contributed by atoms with Gasteiger partial charge in [0.05, 0.1) is 11.9 Å². The molecule has 0 bridgehead atoms. The number of rotatable bonds is 12. The molecule has 1 aliphatic carbocycles. The van der Waals surface area contributed by atoms with E-state index in [-0.39, 0.29) is 30.8 Å². The molecule has 1 unspecified atom stereocenters. The summed E-state index contributed by atoms with van der Waals surface area (Å²) in [5.41, 5.74) is 4.77. The molecule has 39 heavy (non-hydrogen) atoms. The molecule has 0 heterocycles. The molecule has 2 aromatic carbocycles. The minimum absolute atomic E-state index is 0.0988. The van der Waals surface area contributed by atoms with Gasteiger partial charge in [-0.1, -0.05) is 62.1 Å². The number of carbonyl (C=O) groups is 2. The second kappa shape index (κ2) is 14.0.